The van der Waals surface area contributed by atoms with E-state index < -0.39 is 22.8 Å². The van der Waals surface area contributed by atoms with Gasteiger partial charge in [0.15, 0.2) is 5.78 Å². The summed E-state index contributed by atoms with van der Waals surface area (Å²) in [5, 5.41) is 13.1. The molecule has 2 rings (SSSR count). The third-order valence-electron chi connectivity index (χ3n) is 3.93. The summed E-state index contributed by atoms with van der Waals surface area (Å²) in [6, 6.07) is 7.18. The Morgan fingerprint density at radius 3 is 2.26 bits per heavy atom. The van der Waals surface area contributed by atoms with Crippen molar-refractivity contribution in [3.05, 3.63) is 35.4 Å². The van der Waals surface area contributed by atoms with Gasteiger partial charge in [0.2, 0.25) is 0 Å². The number of amides is 1. The van der Waals surface area contributed by atoms with E-state index in [-0.39, 0.29) is 5.78 Å². The lowest BCUT2D eigenvalue weighted by Gasteiger charge is -2.52. The number of rotatable bonds is 3. The van der Waals surface area contributed by atoms with Crippen LogP contribution in [-0.2, 0) is 10.3 Å². The summed E-state index contributed by atoms with van der Waals surface area (Å²) in [6.07, 6.45) is 0.124. The topological polar surface area (TPSA) is 75.6 Å². The van der Waals surface area contributed by atoms with Crippen LogP contribution in [0.3, 0.4) is 0 Å². The first-order valence-electron chi connectivity index (χ1n) is 7.78. The predicted molar refractivity (Wildman–Crippen MR) is 87.4 cm³/mol. The van der Waals surface area contributed by atoms with Crippen molar-refractivity contribution < 1.29 is 19.4 Å². The Kier molecular flexibility index (Phi) is 4.28. The smallest absolute Gasteiger partial charge is 0.408 e. The number of benzene rings is 1. The summed E-state index contributed by atoms with van der Waals surface area (Å²) in [7, 11) is 0. The van der Waals surface area contributed by atoms with Gasteiger partial charge in [0.25, 0.3) is 0 Å². The van der Waals surface area contributed by atoms with Gasteiger partial charge < -0.3 is 15.2 Å². The fourth-order valence-corrected chi connectivity index (χ4v) is 3.30. The van der Waals surface area contributed by atoms with Gasteiger partial charge >= 0.3 is 6.09 Å². The molecule has 1 aliphatic carbocycles. The first-order chi connectivity index (χ1) is 10.4. The van der Waals surface area contributed by atoms with Crippen LogP contribution in [-0.4, -0.2) is 28.2 Å². The summed E-state index contributed by atoms with van der Waals surface area (Å²) < 4.78 is 5.34. The van der Waals surface area contributed by atoms with E-state index >= 15 is 0 Å². The molecule has 0 atom stereocenters. The van der Waals surface area contributed by atoms with Crippen LogP contribution in [0.1, 0.15) is 63.4 Å². The average molecular weight is 319 g/mol. The highest BCUT2D eigenvalue weighted by Gasteiger charge is 2.54. The van der Waals surface area contributed by atoms with Crippen LogP contribution in [0, 0.1) is 0 Å². The summed E-state index contributed by atoms with van der Waals surface area (Å²) in [5.41, 5.74) is -0.992. The minimum Gasteiger partial charge on any atom is -0.444 e. The number of carbonyl (C=O) groups excluding carboxylic acids is 2. The molecule has 0 aromatic heterocycles. The van der Waals surface area contributed by atoms with Gasteiger partial charge in [0.05, 0.1) is 11.1 Å². The highest BCUT2D eigenvalue weighted by Crippen LogP contribution is 2.49. The van der Waals surface area contributed by atoms with Crippen LogP contribution >= 0.6 is 0 Å². The quantitative estimate of drug-likeness (QED) is 0.839. The summed E-state index contributed by atoms with van der Waals surface area (Å²) >= 11 is 0. The number of Topliss-reactive ketones (excluding diaryl/α,β-unsaturated/α-hetero) is 1. The van der Waals surface area contributed by atoms with E-state index in [1.54, 1.807) is 39.8 Å². The minimum atomic E-state index is -0.876. The maximum Gasteiger partial charge on any atom is 0.408 e. The van der Waals surface area contributed by atoms with Gasteiger partial charge in [0.1, 0.15) is 5.60 Å². The Morgan fingerprint density at radius 1 is 1.22 bits per heavy atom. The lowest BCUT2D eigenvalue weighted by molar-refractivity contribution is -0.0893. The van der Waals surface area contributed by atoms with Gasteiger partial charge in [-0.3, -0.25) is 4.79 Å². The molecule has 1 aliphatic rings. The van der Waals surface area contributed by atoms with Gasteiger partial charge in [-0.2, -0.15) is 0 Å². The van der Waals surface area contributed by atoms with Crippen molar-refractivity contribution in [1.82, 2.24) is 5.32 Å². The molecule has 126 valence electrons. The normalized spacial score (nSPS) is 27.0. The predicted octanol–water partition coefficient (Wildman–Crippen LogP) is 3.15. The first kappa shape index (κ1) is 17.5. The molecule has 1 fully saturated rings. The Labute approximate surface area is 137 Å². The monoisotopic (exact) mass is 319 g/mol. The number of carbonyl (C=O) groups is 2. The van der Waals surface area contributed by atoms with Crippen LogP contribution in [0.25, 0.3) is 0 Å². The zero-order valence-corrected chi connectivity index (χ0v) is 14.4. The van der Waals surface area contributed by atoms with Crippen molar-refractivity contribution in [1.29, 1.82) is 0 Å². The van der Waals surface area contributed by atoms with E-state index in [9.17, 15) is 14.7 Å². The van der Waals surface area contributed by atoms with Crippen molar-refractivity contribution in [3.8, 4) is 0 Å². The zero-order valence-electron chi connectivity index (χ0n) is 14.4. The van der Waals surface area contributed by atoms with Crippen LogP contribution in [0.4, 0.5) is 4.79 Å². The van der Waals surface area contributed by atoms with E-state index in [0.29, 0.717) is 18.4 Å². The van der Waals surface area contributed by atoms with Crippen LogP contribution in [0.5, 0.6) is 0 Å². The number of aliphatic hydroxyl groups is 1. The molecular weight excluding hydrogens is 294 g/mol. The molecule has 0 radical (unpaired) electrons. The fraction of sp³-hybridized carbons (Fsp3) is 0.556. The Hall–Kier alpha value is -1.88. The number of hydrogen-bond acceptors (Lipinski definition) is 4. The third-order valence-corrected chi connectivity index (χ3v) is 3.93. The molecule has 1 aromatic rings. The molecule has 5 nitrogen and oxygen atoms in total. The van der Waals surface area contributed by atoms with E-state index in [1.165, 1.54) is 6.92 Å². The molecule has 0 saturated heterocycles. The second-order valence-electron chi connectivity index (χ2n) is 7.66. The van der Waals surface area contributed by atoms with Gasteiger partial charge in [-0.15, -0.1) is 0 Å². The Bertz CT molecular complexity index is 620. The maximum atomic E-state index is 12.2. The molecule has 0 unspecified atom stereocenters. The molecule has 2 N–H and O–H groups in total. The molecule has 1 aromatic carbocycles. The molecule has 0 aliphatic heterocycles. The Balaban J connectivity index is 2.35. The highest BCUT2D eigenvalue weighted by atomic mass is 16.6. The maximum absolute atomic E-state index is 12.2. The molecule has 23 heavy (non-hydrogen) atoms. The van der Waals surface area contributed by atoms with Gasteiger partial charge in [-0.1, -0.05) is 24.3 Å². The average Bonchev–Trinajstić information content (AvgIpc) is 2.33. The van der Waals surface area contributed by atoms with Crippen molar-refractivity contribution in [2.75, 3.05) is 0 Å². The van der Waals surface area contributed by atoms with E-state index in [0.717, 1.165) is 5.56 Å². The summed E-state index contributed by atoms with van der Waals surface area (Å²) in [4.78, 5) is 24.2. The highest BCUT2D eigenvalue weighted by molar-refractivity contribution is 5.96. The van der Waals surface area contributed by atoms with Crippen molar-refractivity contribution in [2.45, 2.75) is 64.2 Å². The van der Waals surface area contributed by atoms with Crippen LogP contribution < -0.4 is 5.32 Å². The van der Waals surface area contributed by atoms with E-state index in [4.69, 9.17) is 4.74 Å². The van der Waals surface area contributed by atoms with Crippen molar-refractivity contribution >= 4 is 11.9 Å². The molecule has 5 heteroatoms. The summed E-state index contributed by atoms with van der Waals surface area (Å²) in [6.45, 7) is 8.59. The van der Waals surface area contributed by atoms with Gasteiger partial charge in [-0.05, 0) is 40.2 Å². The zero-order chi connectivity index (χ0) is 17.5. The number of hydrogen-bond donors (Lipinski definition) is 2. The number of alkyl carbamates (subject to hydrolysis) is 1. The molecule has 0 bridgehead atoms. The second kappa shape index (κ2) is 5.64. The number of ketones is 1. The first-order valence-corrected chi connectivity index (χ1v) is 7.78. The molecular formula is C18H25NO4. The van der Waals surface area contributed by atoms with Gasteiger partial charge in [0, 0.05) is 18.4 Å². The molecule has 0 spiro atoms. The fourth-order valence-electron chi connectivity index (χ4n) is 3.30. The van der Waals surface area contributed by atoms with E-state index in [2.05, 4.69) is 5.32 Å². The summed E-state index contributed by atoms with van der Waals surface area (Å²) in [5.74, 6) is -0.0718. The van der Waals surface area contributed by atoms with Crippen molar-refractivity contribution in [2.24, 2.45) is 0 Å². The number of ether oxygens (including phenoxy) is 1. The Morgan fingerprint density at radius 2 is 1.78 bits per heavy atom. The van der Waals surface area contributed by atoms with E-state index in [1.807, 2.05) is 12.1 Å². The lowest BCUT2D eigenvalue weighted by Crippen LogP contribution is -2.62. The largest absolute Gasteiger partial charge is 0.444 e. The number of nitrogens with one attached hydrogen (secondary N) is 1. The van der Waals surface area contributed by atoms with Crippen molar-refractivity contribution in [3.63, 3.8) is 0 Å². The standard InChI is InChI=1S/C18H25NO4/c1-12(20)13-8-6-7-9-14(13)18(10-17(5,22)11-18)19-15(21)23-16(2,3)4/h6-9,22H,10-11H2,1-5H3,(H,19,21). The van der Waals surface area contributed by atoms with Crippen LogP contribution in [0.15, 0.2) is 24.3 Å². The molecule has 1 amide bonds. The molecule has 1 saturated carbocycles. The second-order valence-corrected chi connectivity index (χ2v) is 7.66. The minimum absolute atomic E-state index is 0.0718. The molecule has 0 heterocycles. The third kappa shape index (κ3) is 3.91. The SMILES string of the molecule is CC(=O)c1ccccc1C1(NC(=O)OC(C)(C)C)CC(C)(O)C1. The van der Waals surface area contributed by atoms with Gasteiger partial charge in [-0.25, -0.2) is 4.79 Å². The van der Waals surface area contributed by atoms with Crippen LogP contribution in [0.2, 0.25) is 0 Å². The lowest BCUT2D eigenvalue weighted by atomic mass is 9.61.